The molecule has 1 aromatic rings. The summed E-state index contributed by atoms with van der Waals surface area (Å²) in [5.41, 5.74) is 0.954. The lowest BCUT2D eigenvalue weighted by Gasteiger charge is -2.06. The molecule has 0 heterocycles. The zero-order chi connectivity index (χ0) is 18.3. The number of esters is 2. The van der Waals surface area contributed by atoms with Crippen molar-refractivity contribution in [1.29, 1.82) is 0 Å². The first-order valence-corrected chi connectivity index (χ1v) is 9.10. The highest BCUT2D eigenvalue weighted by Gasteiger charge is 2.04. The monoisotopic (exact) mass is 350 g/mol. The third-order valence-electron chi connectivity index (χ3n) is 3.88. The molecule has 0 bridgehead atoms. The molecule has 0 atom stereocenters. The van der Waals surface area contributed by atoms with Crippen molar-refractivity contribution < 1.29 is 23.8 Å². The summed E-state index contributed by atoms with van der Waals surface area (Å²) in [7, 11) is 1.62. The van der Waals surface area contributed by atoms with Crippen LogP contribution in [0, 0.1) is 0 Å². The smallest absolute Gasteiger partial charge is 0.306 e. The van der Waals surface area contributed by atoms with E-state index in [-0.39, 0.29) is 11.9 Å². The van der Waals surface area contributed by atoms with Gasteiger partial charge in [-0.25, -0.2) is 0 Å². The Kier molecular flexibility index (Phi) is 11.2. The number of ether oxygens (including phenoxy) is 3. The Balaban J connectivity index is 1.97. The molecule has 0 aliphatic rings. The van der Waals surface area contributed by atoms with Crippen LogP contribution in [0.5, 0.6) is 5.75 Å². The van der Waals surface area contributed by atoms with Gasteiger partial charge in [-0.3, -0.25) is 9.59 Å². The van der Waals surface area contributed by atoms with Crippen LogP contribution >= 0.6 is 0 Å². The number of hydrogen-bond acceptors (Lipinski definition) is 5. The SMILES string of the molecule is CCOC(=O)CCCCCCCCC(=O)OCc1ccc(OC)cc1. The van der Waals surface area contributed by atoms with E-state index in [4.69, 9.17) is 14.2 Å². The highest BCUT2D eigenvalue weighted by Crippen LogP contribution is 2.13. The summed E-state index contributed by atoms with van der Waals surface area (Å²) in [6.07, 6.45) is 6.89. The molecule has 0 aliphatic heterocycles. The maximum Gasteiger partial charge on any atom is 0.306 e. The average Bonchev–Trinajstić information content (AvgIpc) is 2.62. The summed E-state index contributed by atoms with van der Waals surface area (Å²) in [6, 6.07) is 7.49. The molecule has 0 saturated carbocycles. The van der Waals surface area contributed by atoms with Crippen molar-refractivity contribution in [3.05, 3.63) is 29.8 Å². The van der Waals surface area contributed by atoms with E-state index in [2.05, 4.69) is 0 Å². The minimum atomic E-state index is -0.155. The normalized spacial score (nSPS) is 10.3. The number of carbonyl (C=O) groups excluding carboxylic acids is 2. The maximum atomic E-state index is 11.7. The van der Waals surface area contributed by atoms with Gasteiger partial charge in [0.15, 0.2) is 0 Å². The van der Waals surface area contributed by atoms with Crippen LogP contribution in [0.3, 0.4) is 0 Å². The van der Waals surface area contributed by atoms with Gasteiger partial charge >= 0.3 is 11.9 Å². The van der Waals surface area contributed by atoms with Gasteiger partial charge < -0.3 is 14.2 Å². The number of rotatable bonds is 13. The lowest BCUT2D eigenvalue weighted by atomic mass is 10.1. The number of methoxy groups -OCH3 is 1. The summed E-state index contributed by atoms with van der Waals surface area (Å²) in [5, 5.41) is 0. The molecule has 0 spiro atoms. The van der Waals surface area contributed by atoms with Crippen molar-refractivity contribution in [1.82, 2.24) is 0 Å². The highest BCUT2D eigenvalue weighted by molar-refractivity contribution is 5.69. The lowest BCUT2D eigenvalue weighted by Crippen LogP contribution is -2.04. The van der Waals surface area contributed by atoms with Gasteiger partial charge in [0.2, 0.25) is 0 Å². The summed E-state index contributed by atoms with van der Waals surface area (Å²) in [4.78, 5) is 22.9. The number of carbonyl (C=O) groups is 2. The first-order chi connectivity index (χ1) is 12.2. The fourth-order valence-electron chi connectivity index (χ4n) is 2.44. The predicted molar refractivity (Wildman–Crippen MR) is 96.4 cm³/mol. The van der Waals surface area contributed by atoms with Crippen molar-refractivity contribution in [2.24, 2.45) is 0 Å². The first-order valence-electron chi connectivity index (χ1n) is 9.10. The van der Waals surface area contributed by atoms with E-state index in [0.29, 0.717) is 26.1 Å². The summed E-state index contributed by atoms with van der Waals surface area (Å²) >= 11 is 0. The van der Waals surface area contributed by atoms with Gasteiger partial charge in [0.25, 0.3) is 0 Å². The van der Waals surface area contributed by atoms with Gasteiger partial charge in [0.1, 0.15) is 12.4 Å². The molecule has 0 N–H and O–H groups in total. The third-order valence-corrected chi connectivity index (χ3v) is 3.88. The zero-order valence-corrected chi connectivity index (χ0v) is 15.4. The van der Waals surface area contributed by atoms with Crippen LogP contribution in [0.2, 0.25) is 0 Å². The molecule has 1 aromatic carbocycles. The maximum absolute atomic E-state index is 11.7. The Labute approximate surface area is 150 Å². The molecule has 0 aromatic heterocycles. The molecule has 0 saturated heterocycles. The lowest BCUT2D eigenvalue weighted by molar-refractivity contribution is -0.145. The molecule has 1 rings (SSSR count). The largest absolute Gasteiger partial charge is 0.497 e. The number of benzene rings is 1. The molecule has 0 amide bonds. The average molecular weight is 350 g/mol. The Bertz CT molecular complexity index is 495. The molecule has 25 heavy (non-hydrogen) atoms. The second-order valence-electron chi connectivity index (χ2n) is 5.94. The third kappa shape index (κ3) is 10.4. The van der Waals surface area contributed by atoms with Gasteiger partial charge in [0.05, 0.1) is 13.7 Å². The van der Waals surface area contributed by atoms with E-state index < -0.39 is 0 Å². The Hall–Kier alpha value is -2.04. The van der Waals surface area contributed by atoms with Crippen molar-refractivity contribution in [3.8, 4) is 5.75 Å². The molecule has 0 unspecified atom stereocenters. The van der Waals surface area contributed by atoms with Gasteiger partial charge in [-0.05, 0) is 37.5 Å². The molecular formula is C20H30O5. The van der Waals surface area contributed by atoms with E-state index in [0.717, 1.165) is 49.8 Å². The van der Waals surface area contributed by atoms with Crippen LogP contribution in [-0.2, 0) is 25.7 Å². The first kappa shape index (κ1) is 21.0. The second kappa shape index (κ2) is 13.3. The van der Waals surface area contributed by atoms with E-state index in [9.17, 15) is 9.59 Å². The van der Waals surface area contributed by atoms with Crippen molar-refractivity contribution in [2.75, 3.05) is 13.7 Å². The van der Waals surface area contributed by atoms with Crippen LogP contribution in [0.4, 0.5) is 0 Å². The fraction of sp³-hybridized carbons (Fsp3) is 0.600. The summed E-state index contributed by atoms with van der Waals surface area (Å²) in [6.45, 7) is 2.57. The Morgan fingerprint density at radius 1 is 0.800 bits per heavy atom. The molecular weight excluding hydrogens is 320 g/mol. The minimum absolute atomic E-state index is 0.109. The molecule has 5 heteroatoms. The Morgan fingerprint density at radius 2 is 1.32 bits per heavy atom. The molecule has 0 aliphatic carbocycles. The van der Waals surface area contributed by atoms with Crippen LogP contribution in [0.15, 0.2) is 24.3 Å². The quantitative estimate of drug-likeness (QED) is 0.389. The zero-order valence-electron chi connectivity index (χ0n) is 15.4. The topological polar surface area (TPSA) is 61.8 Å². The molecule has 0 fully saturated rings. The van der Waals surface area contributed by atoms with E-state index in [1.54, 1.807) is 7.11 Å². The Morgan fingerprint density at radius 3 is 1.84 bits per heavy atom. The number of unbranched alkanes of at least 4 members (excludes halogenated alkanes) is 5. The van der Waals surface area contributed by atoms with Gasteiger partial charge in [-0.2, -0.15) is 0 Å². The second-order valence-corrected chi connectivity index (χ2v) is 5.94. The minimum Gasteiger partial charge on any atom is -0.497 e. The standard InChI is InChI=1S/C20H30O5/c1-3-24-19(21)10-8-6-4-5-7-9-11-20(22)25-16-17-12-14-18(23-2)15-13-17/h12-15H,3-11,16H2,1-2H3. The van der Waals surface area contributed by atoms with Crippen LogP contribution in [0.1, 0.15) is 63.9 Å². The van der Waals surface area contributed by atoms with Crippen LogP contribution in [-0.4, -0.2) is 25.7 Å². The van der Waals surface area contributed by atoms with Gasteiger partial charge in [0, 0.05) is 12.8 Å². The predicted octanol–water partition coefficient (Wildman–Crippen LogP) is 4.42. The van der Waals surface area contributed by atoms with Crippen LogP contribution < -0.4 is 4.74 Å². The molecule has 140 valence electrons. The van der Waals surface area contributed by atoms with Crippen molar-refractivity contribution in [3.63, 3.8) is 0 Å². The van der Waals surface area contributed by atoms with Gasteiger partial charge in [-0.1, -0.05) is 37.8 Å². The van der Waals surface area contributed by atoms with Crippen molar-refractivity contribution >= 4 is 11.9 Å². The molecule has 5 nitrogen and oxygen atoms in total. The summed E-state index contributed by atoms with van der Waals surface area (Å²) < 4.78 is 15.2. The molecule has 0 radical (unpaired) electrons. The van der Waals surface area contributed by atoms with Crippen molar-refractivity contribution in [2.45, 2.75) is 64.9 Å². The summed E-state index contributed by atoms with van der Waals surface area (Å²) in [5.74, 6) is 0.526. The van der Waals surface area contributed by atoms with Crippen LogP contribution in [0.25, 0.3) is 0 Å². The van der Waals surface area contributed by atoms with E-state index in [1.165, 1.54) is 0 Å². The van der Waals surface area contributed by atoms with E-state index >= 15 is 0 Å². The highest BCUT2D eigenvalue weighted by atomic mass is 16.5. The van der Waals surface area contributed by atoms with E-state index in [1.807, 2.05) is 31.2 Å². The van der Waals surface area contributed by atoms with Gasteiger partial charge in [-0.15, -0.1) is 0 Å². The fourth-order valence-corrected chi connectivity index (χ4v) is 2.44. The number of hydrogen-bond donors (Lipinski definition) is 0.